The average Bonchev–Trinajstić information content (AvgIpc) is 2.38. The summed E-state index contributed by atoms with van der Waals surface area (Å²) in [7, 11) is 0. The molecule has 18 heavy (non-hydrogen) atoms. The smallest absolute Gasteiger partial charge is 0.240 e. The highest BCUT2D eigenvalue weighted by molar-refractivity contribution is 9.10. The second-order valence-electron chi connectivity index (χ2n) is 4.58. The van der Waals surface area contributed by atoms with Crippen LogP contribution in [0.1, 0.15) is 19.3 Å². The molecule has 3 nitrogen and oxygen atoms in total. The lowest BCUT2D eigenvalue weighted by Crippen LogP contribution is -2.41. The standard InChI is InChI=1S/C14H17BrN2O/c15-11-6-8-12(9-7-11)17-13(14(16)18)10-4-2-1-3-5-10/h1-2,6-10,13,17H,3-5H2,(H2,16,18). The fraction of sp³-hybridized carbons (Fsp3) is 0.357. The van der Waals surface area contributed by atoms with Crippen molar-refractivity contribution in [1.29, 1.82) is 0 Å². The topological polar surface area (TPSA) is 55.1 Å². The van der Waals surface area contributed by atoms with Crippen molar-refractivity contribution in [1.82, 2.24) is 0 Å². The molecular formula is C14H17BrN2O. The highest BCUT2D eigenvalue weighted by atomic mass is 79.9. The molecule has 0 saturated carbocycles. The summed E-state index contributed by atoms with van der Waals surface area (Å²) in [5.74, 6) is 0.00867. The summed E-state index contributed by atoms with van der Waals surface area (Å²) < 4.78 is 1.02. The fourth-order valence-electron chi connectivity index (χ4n) is 2.27. The van der Waals surface area contributed by atoms with E-state index < -0.39 is 0 Å². The third kappa shape index (κ3) is 3.35. The molecule has 0 aromatic heterocycles. The van der Waals surface area contributed by atoms with E-state index in [-0.39, 0.29) is 17.9 Å². The van der Waals surface area contributed by atoms with Crippen LogP contribution in [0, 0.1) is 5.92 Å². The number of rotatable bonds is 4. The van der Waals surface area contributed by atoms with Crippen LogP contribution in [0.3, 0.4) is 0 Å². The molecule has 0 heterocycles. The largest absolute Gasteiger partial charge is 0.373 e. The van der Waals surface area contributed by atoms with Crippen molar-refractivity contribution in [2.45, 2.75) is 25.3 Å². The maximum Gasteiger partial charge on any atom is 0.240 e. The van der Waals surface area contributed by atoms with Crippen molar-refractivity contribution < 1.29 is 4.79 Å². The van der Waals surface area contributed by atoms with Crippen molar-refractivity contribution in [3.05, 3.63) is 40.9 Å². The van der Waals surface area contributed by atoms with Gasteiger partial charge in [0.25, 0.3) is 0 Å². The van der Waals surface area contributed by atoms with Crippen LogP contribution >= 0.6 is 15.9 Å². The maximum atomic E-state index is 11.6. The molecule has 0 bridgehead atoms. The zero-order chi connectivity index (χ0) is 13.0. The summed E-state index contributed by atoms with van der Waals surface area (Å²) in [6, 6.07) is 7.48. The second-order valence-corrected chi connectivity index (χ2v) is 5.49. The van der Waals surface area contributed by atoms with Crippen LogP contribution in [0.2, 0.25) is 0 Å². The summed E-state index contributed by atoms with van der Waals surface area (Å²) in [6.07, 6.45) is 7.24. The number of benzene rings is 1. The van der Waals surface area contributed by atoms with Gasteiger partial charge in [0.2, 0.25) is 5.91 Å². The molecule has 1 amide bonds. The molecule has 1 aromatic rings. The van der Waals surface area contributed by atoms with E-state index in [4.69, 9.17) is 5.73 Å². The molecular weight excluding hydrogens is 292 g/mol. The molecule has 4 heteroatoms. The first kappa shape index (κ1) is 13.1. The Morgan fingerprint density at radius 1 is 1.33 bits per heavy atom. The number of carbonyl (C=O) groups is 1. The Bertz CT molecular complexity index is 442. The summed E-state index contributed by atoms with van der Waals surface area (Å²) in [6.45, 7) is 0. The summed E-state index contributed by atoms with van der Waals surface area (Å²) in [4.78, 5) is 11.6. The number of hydrogen-bond acceptors (Lipinski definition) is 2. The lowest BCUT2D eigenvalue weighted by Gasteiger charge is -2.27. The van der Waals surface area contributed by atoms with Crippen molar-refractivity contribution in [3.8, 4) is 0 Å². The van der Waals surface area contributed by atoms with Gasteiger partial charge >= 0.3 is 0 Å². The zero-order valence-corrected chi connectivity index (χ0v) is 11.7. The molecule has 0 spiro atoms. The zero-order valence-electron chi connectivity index (χ0n) is 10.1. The Kier molecular flexibility index (Phi) is 4.42. The Balaban J connectivity index is 2.08. The number of halogens is 1. The van der Waals surface area contributed by atoms with Crippen LogP contribution in [-0.4, -0.2) is 11.9 Å². The molecule has 0 aliphatic heterocycles. The van der Waals surface area contributed by atoms with Gasteiger partial charge in [-0.2, -0.15) is 0 Å². The van der Waals surface area contributed by atoms with Gasteiger partial charge in [-0.15, -0.1) is 0 Å². The SMILES string of the molecule is NC(=O)C(Nc1ccc(Br)cc1)C1CC=CCC1. The minimum atomic E-state index is -0.295. The van der Waals surface area contributed by atoms with Crippen LogP contribution in [0.4, 0.5) is 5.69 Å². The first-order chi connectivity index (χ1) is 8.66. The van der Waals surface area contributed by atoms with E-state index in [0.717, 1.165) is 29.4 Å². The molecule has 2 rings (SSSR count). The fourth-order valence-corrected chi connectivity index (χ4v) is 2.53. The van der Waals surface area contributed by atoms with Crippen LogP contribution in [-0.2, 0) is 4.79 Å². The van der Waals surface area contributed by atoms with Gasteiger partial charge in [-0.1, -0.05) is 28.1 Å². The van der Waals surface area contributed by atoms with E-state index in [1.807, 2.05) is 24.3 Å². The Morgan fingerprint density at radius 2 is 2.06 bits per heavy atom. The second kappa shape index (κ2) is 6.05. The highest BCUT2D eigenvalue weighted by Gasteiger charge is 2.26. The number of anilines is 1. The van der Waals surface area contributed by atoms with Gasteiger partial charge in [0.1, 0.15) is 6.04 Å². The van der Waals surface area contributed by atoms with Gasteiger partial charge in [-0.25, -0.2) is 0 Å². The first-order valence-corrected chi connectivity index (χ1v) is 6.92. The van der Waals surface area contributed by atoms with Gasteiger partial charge < -0.3 is 11.1 Å². The van der Waals surface area contributed by atoms with E-state index in [1.165, 1.54) is 0 Å². The molecule has 96 valence electrons. The Hall–Kier alpha value is -1.29. The first-order valence-electron chi connectivity index (χ1n) is 6.13. The number of nitrogens with two attached hydrogens (primary N) is 1. The lowest BCUT2D eigenvalue weighted by atomic mass is 9.87. The average molecular weight is 309 g/mol. The maximum absolute atomic E-state index is 11.6. The van der Waals surface area contributed by atoms with Gasteiger partial charge in [0, 0.05) is 10.2 Å². The van der Waals surface area contributed by atoms with E-state index in [0.29, 0.717) is 0 Å². The van der Waals surface area contributed by atoms with Gasteiger partial charge in [-0.3, -0.25) is 4.79 Å². The van der Waals surface area contributed by atoms with Crippen LogP contribution in [0.15, 0.2) is 40.9 Å². The molecule has 0 fully saturated rings. The number of nitrogens with one attached hydrogen (secondary N) is 1. The lowest BCUT2D eigenvalue weighted by molar-refractivity contribution is -0.119. The van der Waals surface area contributed by atoms with E-state index in [1.54, 1.807) is 0 Å². The molecule has 3 N–H and O–H groups in total. The van der Waals surface area contributed by atoms with Crippen LogP contribution in [0.25, 0.3) is 0 Å². The van der Waals surface area contributed by atoms with E-state index >= 15 is 0 Å². The van der Waals surface area contributed by atoms with Crippen molar-refractivity contribution >= 4 is 27.5 Å². The molecule has 1 aromatic carbocycles. The number of hydrogen-bond donors (Lipinski definition) is 2. The Morgan fingerprint density at radius 3 is 2.61 bits per heavy atom. The van der Waals surface area contributed by atoms with Crippen molar-refractivity contribution in [2.75, 3.05) is 5.32 Å². The van der Waals surface area contributed by atoms with Crippen LogP contribution < -0.4 is 11.1 Å². The molecule has 2 unspecified atom stereocenters. The predicted octanol–water partition coefficient (Wildman–Crippen LogP) is 3.07. The van der Waals surface area contributed by atoms with Crippen LogP contribution in [0.5, 0.6) is 0 Å². The molecule has 1 aliphatic carbocycles. The predicted molar refractivity (Wildman–Crippen MR) is 77.2 cm³/mol. The van der Waals surface area contributed by atoms with Crippen molar-refractivity contribution in [3.63, 3.8) is 0 Å². The quantitative estimate of drug-likeness (QED) is 0.840. The number of amides is 1. The molecule has 2 atom stereocenters. The molecule has 0 radical (unpaired) electrons. The van der Waals surface area contributed by atoms with Gasteiger partial charge in [-0.05, 0) is 49.4 Å². The third-order valence-corrected chi connectivity index (χ3v) is 3.78. The Labute approximate surface area is 116 Å². The number of primary amides is 1. The third-order valence-electron chi connectivity index (χ3n) is 3.25. The minimum absolute atomic E-state index is 0.279. The molecule has 1 aliphatic rings. The minimum Gasteiger partial charge on any atom is -0.373 e. The van der Waals surface area contributed by atoms with Gasteiger partial charge in [0.15, 0.2) is 0 Å². The van der Waals surface area contributed by atoms with E-state index in [2.05, 4.69) is 33.4 Å². The monoisotopic (exact) mass is 308 g/mol. The highest BCUT2D eigenvalue weighted by Crippen LogP contribution is 2.25. The summed E-state index contributed by atoms with van der Waals surface area (Å²) >= 11 is 3.39. The normalized spacial score (nSPS) is 20.4. The van der Waals surface area contributed by atoms with Gasteiger partial charge in [0.05, 0.1) is 0 Å². The number of allylic oxidation sites excluding steroid dienone is 2. The number of carbonyl (C=O) groups excluding carboxylic acids is 1. The summed E-state index contributed by atoms with van der Waals surface area (Å²) in [5, 5.41) is 3.25. The van der Waals surface area contributed by atoms with E-state index in [9.17, 15) is 4.79 Å². The molecule has 0 saturated heterocycles. The van der Waals surface area contributed by atoms with Crippen molar-refractivity contribution in [2.24, 2.45) is 11.7 Å². The summed E-state index contributed by atoms with van der Waals surface area (Å²) in [5.41, 5.74) is 6.44.